The van der Waals surface area contributed by atoms with Crippen molar-refractivity contribution >= 4 is 13.1 Å². The zero-order chi connectivity index (χ0) is 14.4. The molecule has 3 nitrogen and oxygen atoms in total. The number of pyridine rings is 1. The molecule has 0 saturated carbocycles. The summed E-state index contributed by atoms with van der Waals surface area (Å²) < 4.78 is 5.63. The molecule has 0 amide bonds. The van der Waals surface area contributed by atoms with Crippen LogP contribution in [0.1, 0.15) is 23.0 Å². The Morgan fingerprint density at radius 2 is 2.00 bits per heavy atom. The van der Waals surface area contributed by atoms with Crippen LogP contribution in [0, 0.1) is 0 Å². The van der Waals surface area contributed by atoms with Gasteiger partial charge in [-0.3, -0.25) is 4.79 Å². The van der Waals surface area contributed by atoms with E-state index < -0.39 is 0 Å². The van der Waals surface area contributed by atoms with E-state index in [0.29, 0.717) is 18.1 Å². The Labute approximate surface area is 120 Å². The summed E-state index contributed by atoms with van der Waals surface area (Å²) in [5, 5.41) is 0. The first-order valence-electron chi connectivity index (χ1n) is 6.67. The van der Waals surface area contributed by atoms with Crippen molar-refractivity contribution in [2.24, 2.45) is 0 Å². The van der Waals surface area contributed by atoms with Crippen LogP contribution in [0.2, 0.25) is 12.6 Å². The first-order chi connectivity index (χ1) is 9.70. The highest BCUT2D eigenvalue weighted by atomic mass is 16.5. The fourth-order valence-corrected chi connectivity index (χ4v) is 1.74. The molecule has 2 rings (SSSR count). The molecule has 1 aromatic heterocycles. The highest BCUT2D eigenvalue weighted by Crippen LogP contribution is 2.15. The highest BCUT2D eigenvalue weighted by molar-refractivity contribution is 6.43. The van der Waals surface area contributed by atoms with Crippen LogP contribution in [0.25, 0.3) is 0 Å². The zero-order valence-electron chi connectivity index (χ0n) is 11.7. The van der Waals surface area contributed by atoms with Gasteiger partial charge in [-0.05, 0) is 23.5 Å². The molecule has 0 aliphatic carbocycles. The van der Waals surface area contributed by atoms with Crippen LogP contribution in [-0.2, 0) is 6.61 Å². The number of benzene rings is 1. The predicted molar refractivity (Wildman–Crippen MR) is 80.4 cm³/mol. The number of ketones is 1. The number of Topliss-reactive ketones (excluding diaryl/α,β-unsaturated/α-hetero) is 1. The van der Waals surface area contributed by atoms with E-state index in [1.165, 1.54) is 0 Å². The average Bonchev–Trinajstić information content (AvgIpc) is 2.53. The van der Waals surface area contributed by atoms with Crippen LogP contribution in [0.15, 0.2) is 48.7 Å². The lowest BCUT2D eigenvalue weighted by molar-refractivity contribution is 0.0983. The molecule has 4 heteroatoms. The Bertz CT molecular complexity index is 554. The van der Waals surface area contributed by atoms with Crippen molar-refractivity contribution in [3.8, 4) is 5.75 Å². The monoisotopic (exact) mass is 266 g/mol. The minimum Gasteiger partial charge on any atom is -0.487 e. The number of hydrogen-bond acceptors (Lipinski definition) is 3. The maximum absolute atomic E-state index is 11.9. The summed E-state index contributed by atoms with van der Waals surface area (Å²) in [5.41, 5.74) is 1.57. The van der Waals surface area contributed by atoms with Crippen molar-refractivity contribution in [1.82, 2.24) is 4.98 Å². The van der Waals surface area contributed by atoms with Gasteiger partial charge in [-0.25, -0.2) is 4.98 Å². The minimum absolute atomic E-state index is 0.0297. The molecule has 1 atom stereocenters. The Balaban J connectivity index is 1.96. The number of hydrogen-bond donors (Lipinski definition) is 0. The Morgan fingerprint density at radius 3 is 2.60 bits per heavy atom. The van der Waals surface area contributed by atoms with Crippen molar-refractivity contribution in [3.63, 3.8) is 0 Å². The van der Waals surface area contributed by atoms with Gasteiger partial charge in [0, 0.05) is 0 Å². The molecule has 0 fully saturated rings. The van der Waals surface area contributed by atoms with Gasteiger partial charge in [-0.2, -0.15) is 0 Å². The Hall–Kier alpha value is -2.10. The molecule has 0 saturated heterocycles. The molecule has 20 heavy (non-hydrogen) atoms. The second-order valence-corrected chi connectivity index (χ2v) is 4.64. The smallest absolute Gasteiger partial charge is 0.176 e. The molecule has 0 spiro atoms. The second kappa shape index (κ2) is 6.89. The number of rotatable bonds is 6. The van der Waals surface area contributed by atoms with E-state index in [4.69, 9.17) is 4.74 Å². The van der Waals surface area contributed by atoms with Gasteiger partial charge in [-0.1, -0.05) is 44.1 Å². The van der Waals surface area contributed by atoms with Gasteiger partial charge in [0.05, 0.1) is 6.20 Å². The SMILES string of the molecule is C[B]C(C)C(=O)c1ccc(OCc2ccccc2)cn1. The molecule has 0 N–H and O–H groups in total. The van der Waals surface area contributed by atoms with Gasteiger partial charge in [0.2, 0.25) is 0 Å². The summed E-state index contributed by atoms with van der Waals surface area (Å²) in [6.07, 6.45) is 1.60. The van der Waals surface area contributed by atoms with Gasteiger partial charge in [0.25, 0.3) is 0 Å². The van der Waals surface area contributed by atoms with Gasteiger partial charge >= 0.3 is 0 Å². The fraction of sp³-hybridized carbons (Fsp3) is 0.250. The molecule has 1 aromatic carbocycles. The molecular formula is C16H17BNO2. The molecule has 0 aliphatic rings. The molecule has 2 aromatic rings. The van der Waals surface area contributed by atoms with Gasteiger partial charge in [-0.15, -0.1) is 0 Å². The van der Waals surface area contributed by atoms with Crippen LogP contribution in [0.3, 0.4) is 0 Å². The number of ether oxygens (including phenoxy) is 1. The lowest BCUT2D eigenvalue weighted by atomic mass is 9.65. The molecule has 1 radical (unpaired) electrons. The van der Waals surface area contributed by atoms with Gasteiger partial charge in [0.15, 0.2) is 5.78 Å². The lowest BCUT2D eigenvalue weighted by Gasteiger charge is -2.08. The molecule has 101 valence electrons. The highest BCUT2D eigenvalue weighted by Gasteiger charge is 2.14. The second-order valence-electron chi connectivity index (χ2n) is 4.64. The topological polar surface area (TPSA) is 39.2 Å². The summed E-state index contributed by atoms with van der Waals surface area (Å²) in [6, 6.07) is 13.4. The summed E-state index contributed by atoms with van der Waals surface area (Å²) in [6.45, 7) is 4.23. The molecule has 0 aliphatic heterocycles. The van der Waals surface area contributed by atoms with E-state index in [9.17, 15) is 4.79 Å². The molecule has 0 bridgehead atoms. The zero-order valence-corrected chi connectivity index (χ0v) is 11.7. The fourth-order valence-electron chi connectivity index (χ4n) is 1.74. The lowest BCUT2D eigenvalue weighted by Crippen LogP contribution is -2.11. The minimum atomic E-state index is -0.112. The summed E-state index contributed by atoms with van der Waals surface area (Å²) in [4.78, 5) is 16.1. The van der Waals surface area contributed by atoms with Crippen LogP contribution >= 0.6 is 0 Å². The number of carbonyl (C=O) groups excluding carboxylic acids is 1. The quantitative estimate of drug-likeness (QED) is 0.594. The largest absolute Gasteiger partial charge is 0.487 e. The van der Waals surface area contributed by atoms with Crippen LogP contribution in [0.5, 0.6) is 5.75 Å². The van der Waals surface area contributed by atoms with Crippen molar-refractivity contribution in [2.45, 2.75) is 26.2 Å². The van der Waals surface area contributed by atoms with Crippen molar-refractivity contribution in [3.05, 3.63) is 59.9 Å². The Morgan fingerprint density at radius 1 is 1.25 bits per heavy atom. The third-order valence-corrected chi connectivity index (χ3v) is 3.15. The third kappa shape index (κ3) is 3.70. The number of nitrogens with zero attached hydrogens (tertiary/aromatic N) is 1. The molecule has 1 heterocycles. The Kier molecular flexibility index (Phi) is 4.94. The van der Waals surface area contributed by atoms with E-state index in [0.717, 1.165) is 5.56 Å². The summed E-state index contributed by atoms with van der Waals surface area (Å²) in [5.74, 6) is 0.583. The van der Waals surface area contributed by atoms with E-state index in [-0.39, 0.29) is 11.6 Å². The number of carbonyl (C=O) groups is 1. The summed E-state index contributed by atoms with van der Waals surface area (Å²) >= 11 is 0. The van der Waals surface area contributed by atoms with E-state index >= 15 is 0 Å². The molecular weight excluding hydrogens is 249 g/mol. The van der Waals surface area contributed by atoms with E-state index in [1.54, 1.807) is 18.3 Å². The maximum Gasteiger partial charge on any atom is 0.176 e. The average molecular weight is 266 g/mol. The van der Waals surface area contributed by atoms with Crippen molar-refractivity contribution < 1.29 is 9.53 Å². The van der Waals surface area contributed by atoms with Gasteiger partial charge in [0.1, 0.15) is 25.3 Å². The first kappa shape index (κ1) is 14.3. The normalized spacial score (nSPS) is 11.7. The van der Waals surface area contributed by atoms with E-state index in [2.05, 4.69) is 4.98 Å². The van der Waals surface area contributed by atoms with E-state index in [1.807, 2.05) is 51.4 Å². The standard InChI is InChI=1S/C16H17BNO2/c1-12(17-2)16(19)15-9-8-14(10-18-15)20-11-13-6-4-3-5-7-13/h3-10,12H,11H2,1-2H3. The molecule has 1 unspecified atom stereocenters. The van der Waals surface area contributed by atoms with Crippen LogP contribution in [0.4, 0.5) is 0 Å². The van der Waals surface area contributed by atoms with Crippen LogP contribution in [-0.4, -0.2) is 18.0 Å². The predicted octanol–water partition coefficient (Wildman–Crippen LogP) is 3.40. The van der Waals surface area contributed by atoms with Gasteiger partial charge < -0.3 is 4.74 Å². The van der Waals surface area contributed by atoms with Crippen molar-refractivity contribution in [1.29, 1.82) is 0 Å². The third-order valence-electron chi connectivity index (χ3n) is 3.15. The first-order valence-corrected chi connectivity index (χ1v) is 6.67. The number of aromatic nitrogens is 1. The maximum atomic E-state index is 11.9. The van der Waals surface area contributed by atoms with Crippen LogP contribution < -0.4 is 4.74 Å². The summed E-state index contributed by atoms with van der Waals surface area (Å²) in [7, 11) is 1.86. The van der Waals surface area contributed by atoms with Crippen molar-refractivity contribution in [2.75, 3.05) is 0 Å².